The van der Waals surface area contributed by atoms with Gasteiger partial charge in [0.05, 0.1) is 6.04 Å². The monoisotopic (exact) mass is 349 g/mol. The fourth-order valence-electron chi connectivity index (χ4n) is 3.04. The van der Waals surface area contributed by atoms with Gasteiger partial charge in [0, 0.05) is 31.1 Å². The molecule has 0 spiro atoms. The Labute approximate surface area is 152 Å². The molecule has 0 saturated carbocycles. The van der Waals surface area contributed by atoms with Gasteiger partial charge in [0.2, 0.25) is 5.91 Å². The van der Waals surface area contributed by atoms with Crippen molar-refractivity contribution in [1.29, 1.82) is 0 Å². The molecule has 0 aliphatic carbocycles. The Kier molecular flexibility index (Phi) is 5.49. The summed E-state index contributed by atoms with van der Waals surface area (Å²) >= 11 is 0. The first-order chi connectivity index (χ1) is 12.5. The second-order valence-corrected chi connectivity index (χ2v) is 6.41. The molecule has 3 rings (SSSR count). The predicted octanol–water partition coefficient (Wildman–Crippen LogP) is 2.65. The molecule has 5 heteroatoms. The summed E-state index contributed by atoms with van der Waals surface area (Å²) in [4.78, 5) is 25.8. The van der Waals surface area contributed by atoms with Crippen molar-refractivity contribution in [3.05, 3.63) is 81.6 Å². The lowest BCUT2D eigenvalue weighted by Gasteiger charge is -2.20. The summed E-state index contributed by atoms with van der Waals surface area (Å²) in [6.07, 6.45) is 0. The number of rotatable bonds is 6. The van der Waals surface area contributed by atoms with Crippen molar-refractivity contribution < 1.29 is 4.79 Å². The van der Waals surface area contributed by atoms with Crippen LogP contribution >= 0.6 is 0 Å². The van der Waals surface area contributed by atoms with Crippen LogP contribution in [-0.4, -0.2) is 24.0 Å². The molecule has 0 aliphatic heterocycles. The number of benzene rings is 2. The lowest BCUT2D eigenvalue weighted by Crippen LogP contribution is -2.32. The smallest absolute Gasteiger partial charge is 0.251 e. The first-order valence-electron chi connectivity index (χ1n) is 8.71. The minimum absolute atomic E-state index is 0.00147. The molecular weight excluding hydrogens is 326 g/mol. The van der Waals surface area contributed by atoms with Gasteiger partial charge in [-0.05, 0) is 41.6 Å². The Balaban J connectivity index is 1.92. The summed E-state index contributed by atoms with van der Waals surface area (Å²) in [7, 11) is 0. The van der Waals surface area contributed by atoms with Crippen molar-refractivity contribution in [3.63, 3.8) is 0 Å². The van der Waals surface area contributed by atoms with Gasteiger partial charge in [-0.1, -0.05) is 36.4 Å². The van der Waals surface area contributed by atoms with Crippen LogP contribution in [0.4, 0.5) is 0 Å². The first-order valence-corrected chi connectivity index (χ1v) is 8.71. The van der Waals surface area contributed by atoms with E-state index in [1.165, 1.54) is 6.92 Å². The fraction of sp³-hybridized carbons (Fsp3) is 0.238. The third-order valence-corrected chi connectivity index (χ3v) is 4.37. The van der Waals surface area contributed by atoms with E-state index in [0.29, 0.717) is 18.7 Å². The number of hydrogen-bond donors (Lipinski definition) is 3. The number of aromatic nitrogens is 1. The average Bonchev–Trinajstić information content (AvgIpc) is 2.63. The van der Waals surface area contributed by atoms with Gasteiger partial charge in [-0.2, -0.15) is 0 Å². The van der Waals surface area contributed by atoms with E-state index in [2.05, 4.69) is 33.8 Å². The van der Waals surface area contributed by atoms with Gasteiger partial charge in [-0.3, -0.25) is 9.59 Å². The Bertz CT molecular complexity index is 964. The van der Waals surface area contributed by atoms with Crippen molar-refractivity contribution in [1.82, 2.24) is 15.6 Å². The van der Waals surface area contributed by atoms with Crippen LogP contribution in [0.2, 0.25) is 0 Å². The van der Waals surface area contributed by atoms with E-state index in [-0.39, 0.29) is 17.5 Å². The molecule has 134 valence electrons. The zero-order valence-corrected chi connectivity index (χ0v) is 15.0. The second kappa shape index (κ2) is 7.97. The number of aryl methyl sites for hydroxylation is 1. The van der Waals surface area contributed by atoms with Crippen LogP contribution in [0.3, 0.4) is 0 Å². The van der Waals surface area contributed by atoms with E-state index >= 15 is 0 Å². The Morgan fingerprint density at radius 2 is 1.81 bits per heavy atom. The molecule has 0 aliphatic rings. The largest absolute Gasteiger partial charge is 0.355 e. The van der Waals surface area contributed by atoms with Gasteiger partial charge in [-0.25, -0.2) is 0 Å². The fourth-order valence-corrected chi connectivity index (χ4v) is 3.04. The number of aromatic amines is 1. The lowest BCUT2D eigenvalue weighted by atomic mass is 9.97. The number of hydrogen-bond acceptors (Lipinski definition) is 3. The average molecular weight is 349 g/mol. The number of carbonyl (C=O) groups excluding carboxylic acids is 1. The minimum Gasteiger partial charge on any atom is -0.355 e. The van der Waals surface area contributed by atoms with E-state index in [0.717, 1.165) is 22.0 Å². The van der Waals surface area contributed by atoms with E-state index in [4.69, 9.17) is 0 Å². The number of nitrogens with one attached hydrogen (secondary N) is 3. The standard InChI is InChI=1S/C21H23N3O2/c1-14-12-18-13-17(8-9-19(18)24-21(14)26)20(16-6-4-3-5-7-16)23-11-10-22-15(2)25/h3-9,12-13,20,23H,10-11H2,1-2H3,(H,22,25)(H,24,26). The van der Waals surface area contributed by atoms with Gasteiger partial charge in [0.25, 0.3) is 5.56 Å². The maximum atomic E-state index is 11.8. The molecule has 5 nitrogen and oxygen atoms in total. The maximum absolute atomic E-state index is 11.8. The van der Waals surface area contributed by atoms with Crippen molar-refractivity contribution in [3.8, 4) is 0 Å². The molecular formula is C21H23N3O2. The van der Waals surface area contributed by atoms with E-state index in [1.807, 2.05) is 43.3 Å². The summed E-state index contributed by atoms with van der Waals surface area (Å²) in [6, 6.07) is 18.2. The van der Waals surface area contributed by atoms with Gasteiger partial charge >= 0.3 is 0 Å². The molecule has 26 heavy (non-hydrogen) atoms. The minimum atomic E-state index is -0.0571. The highest BCUT2D eigenvalue weighted by atomic mass is 16.1. The van der Waals surface area contributed by atoms with Crippen LogP contribution in [0.5, 0.6) is 0 Å². The van der Waals surface area contributed by atoms with Crippen LogP contribution in [0, 0.1) is 6.92 Å². The second-order valence-electron chi connectivity index (χ2n) is 6.41. The molecule has 0 bridgehead atoms. The van der Waals surface area contributed by atoms with Crippen LogP contribution in [0.1, 0.15) is 29.7 Å². The molecule has 0 saturated heterocycles. The molecule has 1 heterocycles. The van der Waals surface area contributed by atoms with Gasteiger partial charge < -0.3 is 15.6 Å². The first kappa shape index (κ1) is 17.9. The molecule has 1 atom stereocenters. The summed E-state index contributed by atoms with van der Waals surface area (Å²) in [6.45, 7) is 4.55. The Morgan fingerprint density at radius 3 is 2.54 bits per heavy atom. The van der Waals surface area contributed by atoms with Gasteiger partial charge in [0.1, 0.15) is 0 Å². The number of pyridine rings is 1. The lowest BCUT2D eigenvalue weighted by molar-refractivity contribution is -0.118. The van der Waals surface area contributed by atoms with Crippen molar-refractivity contribution in [2.45, 2.75) is 19.9 Å². The molecule has 2 aromatic carbocycles. The molecule has 3 aromatic rings. The molecule has 1 unspecified atom stereocenters. The molecule has 1 aromatic heterocycles. The Morgan fingerprint density at radius 1 is 1.04 bits per heavy atom. The number of H-pyrrole nitrogens is 1. The summed E-state index contributed by atoms with van der Waals surface area (Å²) < 4.78 is 0. The third kappa shape index (κ3) is 4.18. The highest BCUT2D eigenvalue weighted by Gasteiger charge is 2.14. The van der Waals surface area contributed by atoms with Gasteiger partial charge in [0.15, 0.2) is 0 Å². The normalized spacial score (nSPS) is 12.1. The molecule has 3 N–H and O–H groups in total. The van der Waals surface area contributed by atoms with Crippen LogP contribution in [-0.2, 0) is 4.79 Å². The summed E-state index contributed by atoms with van der Waals surface area (Å²) in [5.74, 6) is -0.0341. The summed E-state index contributed by atoms with van der Waals surface area (Å²) in [5, 5.41) is 7.32. The number of amides is 1. The van der Waals surface area contributed by atoms with Crippen LogP contribution < -0.4 is 16.2 Å². The highest BCUT2D eigenvalue weighted by molar-refractivity contribution is 5.80. The third-order valence-electron chi connectivity index (χ3n) is 4.37. The Hall–Kier alpha value is -2.92. The van der Waals surface area contributed by atoms with E-state index in [1.54, 1.807) is 0 Å². The van der Waals surface area contributed by atoms with E-state index < -0.39 is 0 Å². The zero-order chi connectivity index (χ0) is 18.5. The predicted molar refractivity (Wildman–Crippen MR) is 104 cm³/mol. The molecule has 1 amide bonds. The quantitative estimate of drug-likeness (QED) is 0.599. The topological polar surface area (TPSA) is 74.0 Å². The zero-order valence-electron chi connectivity index (χ0n) is 15.0. The highest BCUT2D eigenvalue weighted by Crippen LogP contribution is 2.24. The van der Waals surface area contributed by atoms with Crippen molar-refractivity contribution in [2.24, 2.45) is 0 Å². The van der Waals surface area contributed by atoms with E-state index in [9.17, 15) is 9.59 Å². The van der Waals surface area contributed by atoms with Crippen LogP contribution in [0.15, 0.2) is 59.4 Å². The number of fused-ring (bicyclic) bond motifs is 1. The molecule has 0 fully saturated rings. The SMILES string of the molecule is CC(=O)NCCNC(c1ccccc1)c1ccc2[nH]c(=O)c(C)cc2c1. The molecule has 0 radical (unpaired) electrons. The van der Waals surface area contributed by atoms with Crippen molar-refractivity contribution in [2.75, 3.05) is 13.1 Å². The van der Waals surface area contributed by atoms with Crippen molar-refractivity contribution >= 4 is 16.8 Å². The van der Waals surface area contributed by atoms with Crippen LogP contribution in [0.25, 0.3) is 10.9 Å². The van der Waals surface area contributed by atoms with Gasteiger partial charge in [-0.15, -0.1) is 0 Å². The maximum Gasteiger partial charge on any atom is 0.251 e. The number of carbonyl (C=O) groups is 1. The summed E-state index contributed by atoms with van der Waals surface area (Å²) in [5.41, 5.74) is 3.73.